The van der Waals surface area contributed by atoms with Crippen LogP contribution in [0.1, 0.15) is 35.4 Å². The van der Waals surface area contributed by atoms with E-state index in [0.717, 1.165) is 17.3 Å². The molecule has 1 fully saturated rings. The third-order valence-corrected chi connectivity index (χ3v) is 6.28. The summed E-state index contributed by atoms with van der Waals surface area (Å²) >= 11 is 3.37. The van der Waals surface area contributed by atoms with E-state index in [1.807, 2.05) is 24.3 Å². The molecule has 2 N–H and O–H groups in total. The minimum Gasteiger partial charge on any atom is -0.449 e. The molecular formula is C23H19BrN2O3. The first kappa shape index (κ1) is 18.2. The van der Waals surface area contributed by atoms with Crippen LogP contribution >= 0.6 is 15.9 Å². The van der Waals surface area contributed by atoms with Gasteiger partial charge in [-0.05, 0) is 57.1 Å². The van der Waals surface area contributed by atoms with E-state index in [4.69, 9.17) is 4.74 Å². The van der Waals surface area contributed by atoms with Gasteiger partial charge in [0.25, 0.3) is 5.56 Å². The van der Waals surface area contributed by atoms with E-state index in [0.29, 0.717) is 5.56 Å². The number of rotatable bonds is 4. The molecule has 0 unspecified atom stereocenters. The molecule has 5 nitrogen and oxygen atoms in total. The van der Waals surface area contributed by atoms with Crippen LogP contribution in [0.5, 0.6) is 0 Å². The minimum atomic E-state index is -0.639. The van der Waals surface area contributed by atoms with Crippen LogP contribution < -0.4 is 10.9 Å². The van der Waals surface area contributed by atoms with Crippen molar-refractivity contribution in [1.29, 1.82) is 0 Å². The Kier molecular flexibility index (Phi) is 4.32. The van der Waals surface area contributed by atoms with Gasteiger partial charge in [0.1, 0.15) is 6.61 Å². The van der Waals surface area contributed by atoms with E-state index in [-0.39, 0.29) is 18.1 Å². The number of alkyl carbamates (subject to hydrolysis) is 1. The molecular weight excluding hydrogens is 432 g/mol. The normalized spacial score (nSPS) is 16.0. The summed E-state index contributed by atoms with van der Waals surface area (Å²) in [7, 11) is 0. The number of carbonyl (C=O) groups is 1. The lowest BCUT2D eigenvalue weighted by molar-refractivity contribution is 0.137. The molecule has 1 heterocycles. The molecule has 3 aromatic rings. The zero-order valence-electron chi connectivity index (χ0n) is 15.6. The summed E-state index contributed by atoms with van der Waals surface area (Å²) in [5, 5.41) is 2.92. The van der Waals surface area contributed by atoms with Crippen molar-refractivity contribution in [3.8, 4) is 11.1 Å². The molecule has 2 aliphatic carbocycles. The van der Waals surface area contributed by atoms with Gasteiger partial charge < -0.3 is 15.0 Å². The zero-order valence-corrected chi connectivity index (χ0v) is 17.2. The Balaban J connectivity index is 1.33. The first-order chi connectivity index (χ1) is 14.1. The van der Waals surface area contributed by atoms with Gasteiger partial charge in [-0.1, -0.05) is 48.5 Å². The quantitative estimate of drug-likeness (QED) is 0.606. The Morgan fingerprint density at radius 3 is 2.34 bits per heavy atom. The number of nitrogens with one attached hydrogen (secondary N) is 2. The van der Waals surface area contributed by atoms with Crippen LogP contribution in [0.3, 0.4) is 0 Å². The summed E-state index contributed by atoms with van der Waals surface area (Å²) in [6, 6.07) is 18.2. The predicted octanol–water partition coefficient (Wildman–Crippen LogP) is 4.67. The van der Waals surface area contributed by atoms with E-state index < -0.39 is 11.6 Å². The average Bonchev–Trinajstić information content (AvgIpc) is 3.43. The fraction of sp³-hybridized carbons (Fsp3) is 0.217. The van der Waals surface area contributed by atoms with Crippen LogP contribution in [0.25, 0.3) is 11.1 Å². The van der Waals surface area contributed by atoms with E-state index in [1.165, 1.54) is 22.3 Å². The van der Waals surface area contributed by atoms with E-state index >= 15 is 0 Å². The lowest BCUT2D eigenvalue weighted by atomic mass is 9.98. The monoisotopic (exact) mass is 450 g/mol. The van der Waals surface area contributed by atoms with E-state index in [1.54, 1.807) is 12.3 Å². The summed E-state index contributed by atoms with van der Waals surface area (Å²) in [6.07, 6.45) is 2.53. The summed E-state index contributed by atoms with van der Waals surface area (Å²) in [6.45, 7) is 0.255. The highest BCUT2D eigenvalue weighted by Gasteiger charge is 2.48. The molecule has 0 spiro atoms. The highest BCUT2D eigenvalue weighted by atomic mass is 79.9. The SMILES string of the molecule is O=C(NC1(c2cc(Br)c[nH]c2=O)CC1)OCC1c2ccccc2-c2ccccc21. The number of ether oxygens (including phenoxy) is 1. The zero-order chi connectivity index (χ0) is 20.0. The van der Waals surface area contributed by atoms with Gasteiger partial charge in [0.15, 0.2) is 0 Å². The topological polar surface area (TPSA) is 71.2 Å². The van der Waals surface area contributed by atoms with Crippen LogP contribution in [0.2, 0.25) is 0 Å². The van der Waals surface area contributed by atoms with Gasteiger partial charge in [-0.25, -0.2) is 4.79 Å². The van der Waals surface area contributed by atoms with Gasteiger partial charge in [-0.15, -0.1) is 0 Å². The van der Waals surface area contributed by atoms with Crippen molar-refractivity contribution in [1.82, 2.24) is 10.3 Å². The molecule has 5 rings (SSSR count). The van der Waals surface area contributed by atoms with Crippen molar-refractivity contribution < 1.29 is 9.53 Å². The molecule has 2 aliphatic rings. The molecule has 1 aromatic heterocycles. The maximum Gasteiger partial charge on any atom is 0.407 e. The Morgan fingerprint density at radius 1 is 1.10 bits per heavy atom. The molecule has 1 amide bonds. The van der Waals surface area contributed by atoms with Crippen molar-refractivity contribution in [2.45, 2.75) is 24.3 Å². The molecule has 29 heavy (non-hydrogen) atoms. The van der Waals surface area contributed by atoms with Crippen molar-refractivity contribution in [2.75, 3.05) is 6.61 Å². The fourth-order valence-corrected chi connectivity index (χ4v) is 4.57. The number of carbonyl (C=O) groups excluding carboxylic acids is 1. The molecule has 0 radical (unpaired) electrons. The van der Waals surface area contributed by atoms with Gasteiger partial charge in [-0.2, -0.15) is 0 Å². The largest absolute Gasteiger partial charge is 0.449 e. The molecule has 0 bridgehead atoms. The van der Waals surface area contributed by atoms with Gasteiger partial charge in [0, 0.05) is 22.2 Å². The smallest absolute Gasteiger partial charge is 0.407 e. The Hall–Kier alpha value is -2.86. The number of pyridine rings is 1. The standard InChI is InChI=1S/C23H19BrN2O3/c24-14-11-20(21(27)25-12-14)23(9-10-23)26-22(28)29-13-19-17-7-3-1-5-15(17)16-6-2-4-8-18(16)19/h1-8,11-12,19H,9-10,13H2,(H,25,27)(H,26,28). The van der Waals surface area contributed by atoms with Gasteiger partial charge in [0.05, 0.1) is 5.54 Å². The van der Waals surface area contributed by atoms with Crippen LogP contribution in [-0.4, -0.2) is 17.7 Å². The number of hydrogen-bond donors (Lipinski definition) is 2. The third-order valence-electron chi connectivity index (χ3n) is 5.82. The lowest BCUT2D eigenvalue weighted by Gasteiger charge is -2.19. The van der Waals surface area contributed by atoms with Crippen molar-refractivity contribution in [3.63, 3.8) is 0 Å². The van der Waals surface area contributed by atoms with Crippen molar-refractivity contribution in [2.24, 2.45) is 0 Å². The molecule has 0 saturated heterocycles. The summed E-state index contributed by atoms with van der Waals surface area (Å²) in [5.74, 6) is 0.0116. The summed E-state index contributed by atoms with van der Waals surface area (Å²) < 4.78 is 6.40. The second-order valence-electron chi connectivity index (χ2n) is 7.59. The summed E-state index contributed by atoms with van der Waals surface area (Å²) in [5.41, 5.74) is 4.45. The van der Waals surface area contributed by atoms with Crippen LogP contribution in [0, 0.1) is 0 Å². The fourth-order valence-electron chi connectivity index (χ4n) is 4.23. The first-order valence-corrected chi connectivity index (χ1v) is 10.4. The van der Waals surface area contributed by atoms with Gasteiger partial charge in [0.2, 0.25) is 0 Å². The molecule has 146 valence electrons. The highest BCUT2D eigenvalue weighted by molar-refractivity contribution is 9.10. The van der Waals surface area contributed by atoms with Crippen LogP contribution in [0.15, 0.2) is 70.1 Å². The average molecular weight is 451 g/mol. The maximum absolute atomic E-state index is 12.6. The van der Waals surface area contributed by atoms with E-state index in [9.17, 15) is 9.59 Å². The predicted molar refractivity (Wildman–Crippen MR) is 114 cm³/mol. The summed E-state index contributed by atoms with van der Waals surface area (Å²) in [4.78, 5) is 27.5. The van der Waals surface area contributed by atoms with Crippen molar-refractivity contribution in [3.05, 3.63) is 92.3 Å². The van der Waals surface area contributed by atoms with Gasteiger partial charge >= 0.3 is 6.09 Å². The lowest BCUT2D eigenvalue weighted by Crippen LogP contribution is -2.39. The number of halogens is 1. The highest BCUT2D eigenvalue weighted by Crippen LogP contribution is 2.46. The number of aromatic amines is 1. The molecule has 0 atom stereocenters. The molecule has 1 saturated carbocycles. The first-order valence-electron chi connectivity index (χ1n) is 9.59. The Labute approximate surface area is 176 Å². The molecule has 2 aromatic carbocycles. The number of amides is 1. The Bertz CT molecular complexity index is 1120. The maximum atomic E-state index is 12.6. The molecule has 6 heteroatoms. The van der Waals surface area contributed by atoms with Crippen LogP contribution in [-0.2, 0) is 10.3 Å². The van der Waals surface area contributed by atoms with Gasteiger partial charge in [-0.3, -0.25) is 4.79 Å². The third kappa shape index (κ3) is 3.17. The number of H-pyrrole nitrogens is 1. The van der Waals surface area contributed by atoms with E-state index in [2.05, 4.69) is 50.5 Å². The number of aromatic nitrogens is 1. The number of fused-ring (bicyclic) bond motifs is 3. The van der Waals surface area contributed by atoms with Crippen LogP contribution in [0.4, 0.5) is 4.79 Å². The second-order valence-corrected chi connectivity index (χ2v) is 8.51. The Morgan fingerprint density at radius 2 is 1.72 bits per heavy atom. The number of benzene rings is 2. The minimum absolute atomic E-state index is 0.0116. The number of hydrogen-bond acceptors (Lipinski definition) is 3. The van der Waals surface area contributed by atoms with Crippen molar-refractivity contribution >= 4 is 22.0 Å². The molecule has 0 aliphatic heterocycles. The second kappa shape index (κ2) is 6.88.